The van der Waals surface area contributed by atoms with Crippen LogP contribution in [0, 0.1) is 0 Å². The lowest BCUT2D eigenvalue weighted by Gasteiger charge is -2.13. The van der Waals surface area contributed by atoms with Gasteiger partial charge in [0.05, 0.1) is 0 Å². The molecular formula is C17H18BrCl2NO. The molecule has 0 aliphatic heterocycles. The Balaban J connectivity index is 2.08. The van der Waals surface area contributed by atoms with Crippen molar-refractivity contribution in [2.24, 2.45) is 0 Å². The molecule has 0 atom stereocenters. The fraction of sp³-hybridized carbons (Fsp3) is 0.294. The Kier molecular flexibility index (Phi) is 7.03. The fourth-order valence-corrected chi connectivity index (χ4v) is 2.89. The second-order valence-electron chi connectivity index (χ2n) is 4.95. The number of hydrogen-bond donors (Lipinski definition) is 1. The van der Waals surface area contributed by atoms with Gasteiger partial charge in [-0.05, 0) is 43.3 Å². The van der Waals surface area contributed by atoms with E-state index in [4.69, 9.17) is 27.9 Å². The zero-order valence-corrected chi connectivity index (χ0v) is 15.4. The zero-order valence-electron chi connectivity index (χ0n) is 12.3. The van der Waals surface area contributed by atoms with Crippen LogP contribution < -0.4 is 10.1 Å². The first-order valence-corrected chi connectivity index (χ1v) is 8.71. The number of halogens is 3. The van der Waals surface area contributed by atoms with Crippen molar-refractivity contribution < 1.29 is 4.74 Å². The van der Waals surface area contributed by atoms with Crippen LogP contribution >= 0.6 is 39.1 Å². The number of ether oxygens (including phenoxy) is 1. The van der Waals surface area contributed by atoms with Gasteiger partial charge in [0.1, 0.15) is 12.4 Å². The molecule has 0 aromatic heterocycles. The van der Waals surface area contributed by atoms with E-state index in [9.17, 15) is 0 Å². The monoisotopic (exact) mass is 401 g/mol. The van der Waals surface area contributed by atoms with E-state index in [0.29, 0.717) is 16.7 Å². The summed E-state index contributed by atoms with van der Waals surface area (Å²) in [5, 5.41) is 4.64. The van der Waals surface area contributed by atoms with Crippen molar-refractivity contribution in [3.05, 3.63) is 62.0 Å². The molecule has 0 unspecified atom stereocenters. The van der Waals surface area contributed by atoms with Crippen LogP contribution in [0.1, 0.15) is 24.5 Å². The van der Waals surface area contributed by atoms with E-state index in [0.717, 1.165) is 40.9 Å². The lowest BCUT2D eigenvalue weighted by atomic mass is 10.2. The SMILES string of the molecule is CCCNCc1cc(Br)ccc1OCc1ccc(Cl)cc1Cl. The molecule has 0 fully saturated rings. The summed E-state index contributed by atoms with van der Waals surface area (Å²) < 4.78 is 6.98. The Bertz CT molecular complexity index is 634. The highest BCUT2D eigenvalue weighted by Gasteiger charge is 2.07. The van der Waals surface area contributed by atoms with E-state index in [2.05, 4.69) is 34.2 Å². The number of nitrogens with one attached hydrogen (secondary N) is 1. The lowest BCUT2D eigenvalue weighted by Crippen LogP contribution is -2.14. The van der Waals surface area contributed by atoms with Gasteiger partial charge < -0.3 is 10.1 Å². The van der Waals surface area contributed by atoms with Crippen LogP contribution in [0.15, 0.2) is 40.9 Å². The number of benzene rings is 2. The van der Waals surface area contributed by atoms with E-state index in [1.54, 1.807) is 6.07 Å². The van der Waals surface area contributed by atoms with Crippen molar-refractivity contribution in [1.29, 1.82) is 0 Å². The van der Waals surface area contributed by atoms with Crippen LogP contribution in [0.25, 0.3) is 0 Å². The summed E-state index contributed by atoms with van der Waals surface area (Å²) >= 11 is 15.6. The molecule has 2 rings (SSSR count). The molecule has 0 aliphatic rings. The first kappa shape index (κ1) is 17.6. The molecule has 0 amide bonds. The number of hydrogen-bond acceptors (Lipinski definition) is 2. The summed E-state index contributed by atoms with van der Waals surface area (Å²) in [6, 6.07) is 11.4. The van der Waals surface area contributed by atoms with Crippen LogP contribution in [0.3, 0.4) is 0 Å². The van der Waals surface area contributed by atoms with E-state index < -0.39 is 0 Å². The minimum absolute atomic E-state index is 0.415. The summed E-state index contributed by atoms with van der Waals surface area (Å²) in [5.74, 6) is 0.859. The van der Waals surface area contributed by atoms with Crippen LogP contribution in [0.2, 0.25) is 10.0 Å². The third-order valence-corrected chi connectivity index (χ3v) is 4.24. The van der Waals surface area contributed by atoms with E-state index in [1.165, 1.54) is 0 Å². The van der Waals surface area contributed by atoms with E-state index in [1.807, 2.05) is 24.3 Å². The molecule has 0 heterocycles. The highest BCUT2D eigenvalue weighted by atomic mass is 79.9. The van der Waals surface area contributed by atoms with Crippen LogP contribution in [0.5, 0.6) is 5.75 Å². The summed E-state index contributed by atoms with van der Waals surface area (Å²) in [6.45, 7) is 4.32. The van der Waals surface area contributed by atoms with Crippen LogP contribution in [-0.2, 0) is 13.2 Å². The number of rotatable bonds is 7. The Morgan fingerprint density at radius 3 is 2.64 bits per heavy atom. The predicted molar refractivity (Wildman–Crippen MR) is 96.9 cm³/mol. The minimum Gasteiger partial charge on any atom is -0.489 e. The summed E-state index contributed by atoms with van der Waals surface area (Å²) in [6.07, 6.45) is 1.10. The zero-order chi connectivity index (χ0) is 15.9. The van der Waals surface area contributed by atoms with E-state index >= 15 is 0 Å². The van der Waals surface area contributed by atoms with Gasteiger partial charge in [-0.15, -0.1) is 0 Å². The smallest absolute Gasteiger partial charge is 0.124 e. The maximum absolute atomic E-state index is 6.18. The third kappa shape index (κ3) is 5.17. The molecule has 1 N–H and O–H groups in total. The Morgan fingerprint density at radius 2 is 1.91 bits per heavy atom. The minimum atomic E-state index is 0.415. The second kappa shape index (κ2) is 8.78. The topological polar surface area (TPSA) is 21.3 Å². The first-order chi connectivity index (χ1) is 10.6. The van der Waals surface area contributed by atoms with Gasteiger partial charge in [-0.1, -0.05) is 52.1 Å². The molecule has 118 valence electrons. The maximum Gasteiger partial charge on any atom is 0.124 e. The van der Waals surface area contributed by atoms with Gasteiger partial charge in [0.2, 0.25) is 0 Å². The Morgan fingerprint density at radius 1 is 1.09 bits per heavy atom. The van der Waals surface area contributed by atoms with Crippen molar-refractivity contribution in [2.75, 3.05) is 6.54 Å². The highest BCUT2D eigenvalue weighted by molar-refractivity contribution is 9.10. The van der Waals surface area contributed by atoms with Gasteiger partial charge in [-0.3, -0.25) is 0 Å². The highest BCUT2D eigenvalue weighted by Crippen LogP contribution is 2.26. The average Bonchev–Trinajstić information content (AvgIpc) is 2.48. The molecule has 2 nitrogen and oxygen atoms in total. The summed E-state index contributed by atoms with van der Waals surface area (Å²) in [5.41, 5.74) is 2.04. The molecule has 2 aromatic carbocycles. The van der Waals surface area contributed by atoms with Crippen molar-refractivity contribution in [3.63, 3.8) is 0 Å². The largest absolute Gasteiger partial charge is 0.489 e. The molecule has 0 spiro atoms. The van der Waals surface area contributed by atoms with Crippen LogP contribution in [0.4, 0.5) is 0 Å². The second-order valence-corrected chi connectivity index (χ2v) is 6.71. The Labute approximate surface area is 149 Å². The van der Waals surface area contributed by atoms with E-state index in [-0.39, 0.29) is 0 Å². The van der Waals surface area contributed by atoms with Gasteiger partial charge in [0, 0.05) is 32.2 Å². The molecule has 0 bridgehead atoms. The van der Waals surface area contributed by atoms with Gasteiger partial charge >= 0.3 is 0 Å². The predicted octanol–water partition coefficient (Wildman–Crippen LogP) is 5.83. The summed E-state index contributed by atoms with van der Waals surface area (Å²) in [7, 11) is 0. The molecule has 0 saturated carbocycles. The average molecular weight is 403 g/mol. The molecule has 0 radical (unpaired) electrons. The Hall–Kier alpha value is -0.740. The molecular weight excluding hydrogens is 385 g/mol. The van der Waals surface area contributed by atoms with Gasteiger partial charge in [0.25, 0.3) is 0 Å². The normalized spacial score (nSPS) is 10.7. The quantitative estimate of drug-likeness (QED) is 0.587. The molecule has 0 saturated heterocycles. The fourth-order valence-electron chi connectivity index (χ4n) is 2.02. The molecule has 5 heteroatoms. The maximum atomic E-state index is 6.18. The van der Waals surface area contributed by atoms with Crippen molar-refractivity contribution >= 4 is 39.1 Å². The van der Waals surface area contributed by atoms with Crippen molar-refractivity contribution in [3.8, 4) is 5.75 Å². The summed E-state index contributed by atoms with van der Waals surface area (Å²) in [4.78, 5) is 0. The third-order valence-electron chi connectivity index (χ3n) is 3.16. The van der Waals surface area contributed by atoms with Gasteiger partial charge in [0.15, 0.2) is 0 Å². The van der Waals surface area contributed by atoms with Crippen molar-refractivity contribution in [2.45, 2.75) is 26.5 Å². The van der Waals surface area contributed by atoms with Crippen molar-refractivity contribution in [1.82, 2.24) is 5.32 Å². The first-order valence-electron chi connectivity index (χ1n) is 7.16. The van der Waals surface area contributed by atoms with Gasteiger partial charge in [-0.2, -0.15) is 0 Å². The molecule has 2 aromatic rings. The lowest BCUT2D eigenvalue weighted by molar-refractivity contribution is 0.302. The van der Waals surface area contributed by atoms with Gasteiger partial charge in [-0.25, -0.2) is 0 Å². The molecule has 0 aliphatic carbocycles. The van der Waals surface area contributed by atoms with Crippen LogP contribution in [-0.4, -0.2) is 6.54 Å². The standard InChI is InChI=1S/C17H18BrCl2NO/c1-2-7-21-10-13-8-14(18)4-6-17(13)22-11-12-3-5-15(19)9-16(12)20/h3-6,8-9,21H,2,7,10-11H2,1H3. The molecule has 22 heavy (non-hydrogen) atoms.